The van der Waals surface area contributed by atoms with Crippen molar-refractivity contribution in [3.05, 3.63) is 23.8 Å². The summed E-state index contributed by atoms with van der Waals surface area (Å²) in [5, 5.41) is 8.60. The van der Waals surface area contributed by atoms with Crippen LogP contribution in [0.3, 0.4) is 0 Å². The number of hydrogen-bond donors (Lipinski definition) is 0. The molecule has 4 nitrogen and oxygen atoms in total. The number of hydrogen-bond acceptors (Lipinski definition) is 3. The Morgan fingerprint density at radius 1 is 1.44 bits per heavy atom. The number of amides is 1. The quantitative estimate of drug-likeness (QED) is 0.815. The molecule has 4 heteroatoms. The maximum Gasteiger partial charge on any atom is 0.227 e. The first-order valence-corrected chi connectivity index (χ1v) is 6.11. The second-order valence-electron chi connectivity index (χ2n) is 4.60. The maximum atomic E-state index is 11.6. The van der Waals surface area contributed by atoms with E-state index in [1.54, 1.807) is 4.90 Å². The molecular formula is C14H17N3O. The topological polar surface area (TPSA) is 47.3 Å². The molecule has 0 saturated carbocycles. The number of benzene rings is 1. The van der Waals surface area contributed by atoms with Gasteiger partial charge in [0.15, 0.2) is 0 Å². The highest BCUT2D eigenvalue weighted by Crippen LogP contribution is 2.30. The molecule has 1 aliphatic rings. The van der Waals surface area contributed by atoms with Crippen molar-refractivity contribution in [2.75, 3.05) is 30.4 Å². The zero-order chi connectivity index (χ0) is 13.1. The van der Waals surface area contributed by atoms with Crippen molar-refractivity contribution in [2.24, 2.45) is 0 Å². The standard InChI is InChI=1S/C14H17N3O/c1-16(9-3-8-15)12-5-6-13-11(10-12)4-7-14(18)17(13)2/h5-6,10H,3-4,7,9H2,1-2H3. The fraction of sp³-hybridized carbons (Fsp3) is 0.429. The largest absolute Gasteiger partial charge is 0.374 e. The average molecular weight is 243 g/mol. The van der Waals surface area contributed by atoms with Crippen LogP contribution in [0.4, 0.5) is 11.4 Å². The van der Waals surface area contributed by atoms with Crippen LogP contribution in [0.15, 0.2) is 18.2 Å². The molecule has 0 N–H and O–H groups in total. The predicted octanol–water partition coefficient (Wildman–Crippen LogP) is 1.95. The van der Waals surface area contributed by atoms with Gasteiger partial charge in [0.2, 0.25) is 5.91 Å². The summed E-state index contributed by atoms with van der Waals surface area (Å²) in [4.78, 5) is 15.4. The summed E-state index contributed by atoms with van der Waals surface area (Å²) in [6.45, 7) is 0.726. The van der Waals surface area contributed by atoms with Crippen LogP contribution in [-0.4, -0.2) is 26.5 Å². The highest BCUT2D eigenvalue weighted by Gasteiger charge is 2.21. The lowest BCUT2D eigenvalue weighted by molar-refractivity contribution is -0.118. The van der Waals surface area contributed by atoms with Gasteiger partial charge >= 0.3 is 0 Å². The van der Waals surface area contributed by atoms with Crippen molar-refractivity contribution < 1.29 is 4.79 Å². The van der Waals surface area contributed by atoms with E-state index in [0.717, 1.165) is 24.3 Å². The van der Waals surface area contributed by atoms with E-state index in [1.807, 2.05) is 26.2 Å². The van der Waals surface area contributed by atoms with E-state index in [4.69, 9.17) is 5.26 Å². The minimum Gasteiger partial charge on any atom is -0.374 e. The maximum absolute atomic E-state index is 11.6. The summed E-state index contributed by atoms with van der Waals surface area (Å²) in [7, 11) is 3.80. The summed E-state index contributed by atoms with van der Waals surface area (Å²) >= 11 is 0. The lowest BCUT2D eigenvalue weighted by Gasteiger charge is -2.27. The fourth-order valence-corrected chi connectivity index (χ4v) is 2.23. The van der Waals surface area contributed by atoms with Crippen LogP contribution in [0, 0.1) is 11.3 Å². The van der Waals surface area contributed by atoms with Gasteiger partial charge in [0.05, 0.1) is 12.5 Å². The molecular weight excluding hydrogens is 226 g/mol. The molecule has 0 saturated heterocycles. The first-order valence-electron chi connectivity index (χ1n) is 6.11. The smallest absolute Gasteiger partial charge is 0.227 e. The first kappa shape index (κ1) is 12.4. The van der Waals surface area contributed by atoms with Crippen LogP contribution in [0.1, 0.15) is 18.4 Å². The molecule has 0 radical (unpaired) electrons. The summed E-state index contributed by atoms with van der Waals surface area (Å²) in [5.41, 5.74) is 3.31. The van der Waals surface area contributed by atoms with Crippen LogP contribution in [0.25, 0.3) is 0 Å². The van der Waals surface area contributed by atoms with Crippen molar-refractivity contribution in [3.8, 4) is 6.07 Å². The third-order valence-corrected chi connectivity index (χ3v) is 3.41. The molecule has 1 heterocycles. The number of nitrogens with zero attached hydrogens (tertiary/aromatic N) is 3. The Hall–Kier alpha value is -2.02. The number of nitriles is 1. The van der Waals surface area contributed by atoms with Gasteiger partial charge in [-0.3, -0.25) is 4.79 Å². The third-order valence-electron chi connectivity index (χ3n) is 3.41. The highest BCUT2D eigenvalue weighted by atomic mass is 16.2. The zero-order valence-electron chi connectivity index (χ0n) is 10.8. The van der Waals surface area contributed by atoms with Gasteiger partial charge in [-0.1, -0.05) is 0 Å². The number of aryl methyl sites for hydroxylation is 1. The molecule has 0 aliphatic carbocycles. The molecule has 18 heavy (non-hydrogen) atoms. The Kier molecular flexibility index (Phi) is 3.52. The Balaban J connectivity index is 2.23. The van der Waals surface area contributed by atoms with Crippen LogP contribution in [-0.2, 0) is 11.2 Å². The molecule has 1 aromatic rings. The molecule has 0 unspecified atom stereocenters. The Bertz CT molecular complexity index is 504. The van der Waals surface area contributed by atoms with Crippen molar-refractivity contribution in [3.63, 3.8) is 0 Å². The Morgan fingerprint density at radius 2 is 2.22 bits per heavy atom. The van der Waals surface area contributed by atoms with E-state index in [9.17, 15) is 4.79 Å². The summed E-state index contributed by atoms with van der Waals surface area (Å²) in [6, 6.07) is 8.27. The van der Waals surface area contributed by atoms with Crippen LogP contribution >= 0.6 is 0 Å². The van der Waals surface area contributed by atoms with Gasteiger partial charge in [-0.25, -0.2) is 0 Å². The van der Waals surface area contributed by atoms with Crippen LogP contribution in [0.2, 0.25) is 0 Å². The second-order valence-corrected chi connectivity index (χ2v) is 4.60. The molecule has 94 valence electrons. The molecule has 2 rings (SSSR count). The fourth-order valence-electron chi connectivity index (χ4n) is 2.23. The third kappa shape index (κ3) is 2.30. The van der Waals surface area contributed by atoms with Crippen LogP contribution in [0.5, 0.6) is 0 Å². The summed E-state index contributed by atoms with van der Waals surface area (Å²) in [6.07, 6.45) is 1.90. The number of carbonyl (C=O) groups is 1. The predicted molar refractivity (Wildman–Crippen MR) is 71.7 cm³/mol. The molecule has 1 amide bonds. The number of rotatable bonds is 3. The van der Waals surface area contributed by atoms with Crippen molar-refractivity contribution >= 4 is 17.3 Å². The van der Waals surface area contributed by atoms with Gasteiger partial charge in [0, 0.05) is 38.4 Å². The molecule has 0 bridgehead atoms. The van der Waals surface area contributed by atoms with E-state index in [1.165, 1.54) is 5.56 Å². The van der Waals surface area contributed by atoms with E-state index < -0.39 is 0 Å². The van der Waals surface area contributed by atoms with Gasteiger partial charge in [0.1, 0.15) is 0 Å². The summed E-state index contributed by atoms with van der Waals surface area (Å²) < 4.78 is 0. The number of fused-ring (bicyclic) bond motifs is 1. The van der Waals surface area contributed by atoms with Crippen molar-refractivity contribution in [1.29, 1.82) is 5.26 Å². The molecule has 0 spiro atoms. The molecule has 0 atom stereocenters. The normalized spacial score (nSPS) is 14.1. The summed E-state index contributed by atoms with van der Waals surface area (Å²) in [5.74, 6) is 0.174. The lowest BCUT2D eigenvalue weighted by atomic mass is 10.0. The SMILES string of the molecule is CN(CCC#N)c1ccc2c(c1)CCC(=O)N2C. The van der Waals surface area contributed by atoms with Crippen molar-refractivity contribution in [2.45, 2.75) is 19.3 Å². The van der Waals surface area contributed by atoms with E-state index >= 15 is 0 Å². The Labute approximate surface area is 107 Å². The number of carbonyl (C=O) groups excluding carboxylic acids is 1. The van der Waals surface area contributed by atoms with Crippen LogP contribution < -0.4 is 9.80 Å². The van der Waals surface area contributed by atoms with Gasteiger partial charge in [0.25, 0.3) is 0 Å². The van der Waals surface area contributed by atoms with Gasteiger partial charge < -0.3 is 9.80 Å². The van der Waals surface area contributed by atoms with E-state index in [-0.39, 0.29) is 5.91 Å². The number of anilines is 2. The lowest BCUT2D eigenvalue weighted by Crippen LogP contribution is -2.31. The van der Waals surface area contributed by atoms with Gasteiger partial charge in [-0.05, 0) is 30.2 Å². The van der Waals surface area contributed by atoms with E-state index in [0.29, 0.717) is 12.8 Å². The average Bonchev–Trinajstić information content (AvgIpc) is 2.40. The monoisotopic (exact) mass is 243 g/mol. The molecule has 0 fully saturated rings. The minimum absolute atomic E-state index is 0.174. The first-order chi connectivity index (χ1) is 8.63. The molecule has 1 aliphatic heterocycles. The molecule has 0 aromatic heterocycles. The van der Waals surface area contributed by atoms with Gasteiger partial charge in [-0.2, -0.15) is 5.26 Å². The van der Waals surface area contributed by atoms with E-state index in [2.05, 4.69) is 17.0 Å². The van der Waals surface area contributed by atoms with Gasteiger partial charge in [-0.15, -0.1) is 0 Å². The minimum atomic E-state index is 0.174. The van der Waals surface area contributed by atoms with Crippen molar-refractivity contribution in [1.82, 2.24) is 0 Å². The zero-order valence-corrected chi connectivity index (χ0v) is 10.8. The molecule has 1 aromatic carbocycles. The second kappa shape index (κ2) is 5.09. The highest BCUT2D eigenvalue weighted by molar-refractivity contribution is 5.96. The Morgan fingerprint density at radius 3 is 2.94 bits per heavy atom.